The first-order chi connectivity index (χ1) is 16.0. The van der Waals surface area contributed by atoms with E-state index in [1.807, 2.05) is 0 Å². The first kappa shape index (κ1) is 22.4. The summed E-state index contributed by atoms with van der Waals surface area (Å²) in [6, 6.07) is 13.2. The number of fused-ring (bicyclic) bond motifs is 1. The predicted molar refractivity (Wildman–Crippen MR) is 121 cm³/mol. The van der Waals surface area contributed by atoms with E-state index in [1.54, 1.807) is 55.6 Å². The molecule has 8 nitrogen and oxygen atoms in total. The van der Waals surface area contributed by atoms with Crippen molar-refractivity contribution < 1.29 is 33.3 Å². The number of nitrogens with zero attached hydrogens (tertiary/aromatic N) is 1. The molecule has 33 heavy (non-hydrogen) atoms. The molecule has 2 aromatic carbocycles. The summed E-state index contributed by atoms with van der Waals surface area (Å²) in [7, 11) is 4.60. The summed E-state index contributed by atoms with van der Waals surface area (Å²) in [6.45, 7) is 0.708. The third-order valence-electron chi connectivity index (χ3n) is 5.68. The van der Waals surface area contributed by atoms with Crippen molar-refractivity contribution in [2.45, 2.75) is 12.5 Å². The average molecular weight is 451 g/mol. The fourth-order valence-corrected chi connectivity index (χ4v) is 4.15. The van der Waals surface area contributed by atoms with E-state index >= 15 is 0 Å². The maximum absolute atomic E-state index is 13.6. The van der Waals surface area contributed by atoms with Gasteiger partial charge < -0.3 is 28.6 Å². The van der Waals surface area contributed by atoms with Crippen molar-refractivity contribution >= 4 is 22.7 Å². The summed E-state index contributed by atoms with van der Waals surface area (Å²) in [6.07, 6.45) is 0.532. The predicted octanol–water partition coefficient (Wildman–Crippen LogP) is 4.06. The van der Waals surface area contributed by atoms with Gasteiger partial charge in [-0.3, -0.25) is 9.59 Å². The van der Waals surface area contributed by atoms with Crippen LogP contribution >= 0.6 is 0 Å². The molecular formula is C25H25NO7. The largest absolute Gasteiger partial charge is 0.503 e. The summed E-state index contributed by atoms with van der Waals surface area (Å²) < 4.78 is 21.8. The Morgan fingerprint density at radius 2 is 1.79 bits per heavy atom. The number of hydrogen-bond acceptors (Lipinski definition) is 7. The molecule has 4 rings (SSSR count). The Morgan fingerprint density at radius 1 is 1.06 bits per heavy atom. The van der Waals surface area contributed by atoms with Gasteiger partial charge in [0, 0.05) is 31.2 Å². The molecule has 1 N–H and O–H groups in total. The normalized spacial score (nSPS) is 16.0. The number of ether oxygens (including phenoxy) is 3. The lowest BCUT2D eigenvalue weighted by Crippen LogP contribution is -2.32. The van der Waals surface area contributed by atoms with E-state index in [0.29, 0.717) is 41.1 Å². The molecule has 0 saturated carbocycles. The van der Waals surface area contributed by atoms with Gasteiger partial charge in [0.05, 0.1) is 25.8 Å². The summed E-state index contributed by atoms with van der Waals surface area (Å²) in [5.41, 5.74) is 0.949. The Morgan fingerprint density at radius 3 is 2.52 bits per heavy atom. The topological polar surface area (TPSA) is 98.4 Å². The van der Waals surface area contributed by atoms with Crippen molar-refractivity contribution in [3.05, 3.63) is 71.2 Å². The van der Waals surface area contributed by atoms with E-state index in [1.165, 1.54) is 19.1 Å². The number of para-hydroxylation sites is 2. The maximum Gasteiger partial charge on any atom is 0.290 e. The van der Waals surface area contributed by atoms with Crippen molar-refractivity contribution in [1.29, 1.82) is 0 Å². The number of carbonyl (C=O) groups is 2. The van der Waals surface area contributed by atoms with Gasteiger partial charge in [-0.25, -0.2) is 0 Å². The zero-order valence-corrected chi connectivity index (χ0v) is 18.7. The van der Waals surface area contributed by atoms with Gasteiger partial charge in [0.25, 0.3) is 5.91 Å². The van der Waals surface area contributed by atoms with Crippen molar-refractivity contribution in [2.75, 3.05) is 34.5 Å². The number of benzene rings is 2. The van der Waals surface area contributed by atoms with E-state index in [4.69, 9.17) is 18.6 Å². The first-order valence-electron chi connectivity index (χ1n) is 10.5. The van der Waals surface area contributed by atoms with Crippen LogP contribution in [-0.4, -0.2) is 56.2 Å². The van der Waals surface area contributed by atoms with E-state index in [0.717, 1.165) is 0 Å². The molecule has 1 atom stereocenters. The quantitative estimate of drug-likeness (QED) is 0.387. The minimum absolute atomic E-state index is 0.00231. The SMILES string of the molecule is COCCCN1C(=O)C(O)=C(C(=O)c2cc3cccc(OC)c3o2)C1c1ccccc1OC. The second-order valence-corrected chi connectivity index (χ2v) is 7.57. The second-order valence-electron chi connectivity index (χ2n) is 7.57. The molecule has 2 heterocycles. The number of rotatable bonds is 9. The lowest BCUT2D eigenvalue weighted by atomic mass is 9.94. The van der Waals surface area contributed by atoms with Crippen LogP contribution in [0.4, 0.5) is 0 Å². The van der Waals surface area contributed by atoms with Gasteiger partial charge >= 0.3 is 0 Å². The molecule has 1 aliphatic heterocycles. The number of Topliss-reactive ketones (excluding diaryl/α,β-unsaturated/α-hetero) is 1. The molecule has 0 fully saturated rings. The van der Waals surface area contributed by atoms with Crippen molar-refractivity contribution in [3.8, 4) is 11.5 Å². The van der Waals surface area contributed by atoms with E-state index in [-0.39, 0.29) is 17.9 Å². The molecule has 0 saturated heterocycles. The van der Waals surface area contributed by atoms with Gasteiger partial charge in [-0.05, 0) is 24.6 Å². The Kier molecular flexibility index (Phi) is 6.37. The average Bonchev–Trinajstić information content (AvgIpc) is 3.38. The third kappa shape index (κ3) is 3.93. The number of furan rings is 1. The molecule has 0 bridgehead atoms. The molecule has 8 heteroatoms. The fourth-order valence-electron chi connectivity index (χ4n) is 4.15. The monoisotopic (exact) mass is 451 g/mol. The van der Waals surface area contributed by atoms with Crippen LogP contribution in [0.2, 0.25) is 0 Å². The number of hydrogen-bond donors (Lipinski definition) is 1. The van der Waals surface area contributed by atoms with Crippen molar-refractivity contribution in [3.63, 3.8) is 0 Å². The van der Waals surface area contributed by atoms with Crippen LogP contribution in [0.5, 0.6) is 11.5 Å². The number of aliphatic hydroxyl groups is 1. The van der Waals surface area contributed by atoms with Crippen LogP contribution in [-0.2, 0) is 9.53 Å². The Bertz CT molecular complexity index is 1230. The van der Waals surface area contributed by atoms with Gasteiger partial charge in [-0.2, -0.15) is 0 Å². The Hall–Kier alpha value is -3.78. The number of amides is 1. The number of ketones is 1. The molecular weight excluding hydrogens is 426 g/mol. The highest BCUT2D eigenvalue weighted by molar-refractivity contribution is 6.16. The van der Waals surface area contributed by atoms with Crippen LogP contribution in [0, 0.1) is 0 Å². The maximum atomic E-state index is 13.6. The van der Waals surface area contributed by atoms with Crippen LogP contribution in [0.1, 0.15) is 28.6 Å². The molecule has 0 radical (unpaired) electrons. The van der Waals surface area contributed by atoms with Crippen LogP contribution in [0.3, 0.4) is 0 Å². The second kappa shape index (κ2) is 9.38. The summed E-state index contributed by atoms with van der Waals surface area (Å²) >= 11 is 0. The summed E-state index contributed by atoms with van der Waals surface area (Å²) in [4.78, 5) is 28.1. The zero-order valence-electron chi connectivity index (χ0n) is 18.7. The standard InChI is InChI=1S/C25H25NO7/c1-30-13-7-12-26-21(16-9-4-5-10-17(16)31-2)20(23(28)25(26)29)22(27)19-14-15-8-6-11-18(32-3)24(15)33-19/h4-6,8-11,14,21,28H,7,12-13H2,1-3H3. The lowest BCUT2D eigenvalue weighted by molar-refractivity contribution is -0.129. The van der Waals surface area contributed by atoms with E-state index in [9.17, 15) is 14.7 Å². The minimum Gasteiger partial charge on any atom is -0.503 e. The lowest BCUT2D eigenvalue weighted by Gasteiger charge is -2.27. The van der Waals surface area contributed by atoms with Crippen molar-refractivity contribution in [1.82, 2.24) is 4.90 Å². The van der Waals surface area contributed by atoms with Crippen LogP contribution in [0.15, 0.2) is 64.3 Å². The molecule has 1 aliphatic rings. The molecule has 1 unspecified atom stereocenters. The molecule has 1 amide bonds. The highest BCUT2D eigenvalue weighted by Gasteiger charge is 2.45. The van der Waals surface area contributed by atoms with Gasteiger partial charge in [0.1, 0.15) is 5.75 Å². The Labute approximate surface area is 191 Å². The van der Waals surface area contributed by atoms with Crippen LogP contribution < -0.4 is 9.47 Å². The van der Waals surface area contributed by atoms with E-state index in [2.05, 4.69) is 0 Å². The summed E-state index contributed by atoms with van der Waals surface area (Å²) in [5, 5.41) is 11.5. The van der Waals surface area contributed by atoms with Crippen molar-refractivity contribution in [2.24, 2.45) is 0 Å². The fraction of sp³-hybridized carbons (Fsp3) is 0.280. The number of methoxy groups -OCH3 is 3. The molecule has 3 aromatic rings. The zero-order chi connectivity index (χ0) is 23.5. The molecule has 0 aliphatic carbocycles. The van der Waals surface area contributed by atoms with Crippen LogP contribution in [0.25, 0.3) is 11.0 Å². The smallest absolute Gasteiger partial charge is 0.290 e. The number of carbonyl (C=O) groups excluding carboxylic acids is 2. The first-order valence-corrected chi connectivity index (χ1v) is 10.5. The number of aliphatic hydroxyl groups excluding tert-OH is 1. The molecule has 0 spiro atoms. The van der Waals surface area contributed by atoms with Gasteiger partial charge in [0.15, 0.2) is 22.9 Å². The van der Waals surface area contributed by atoms with Gasteiger partial charge in [-0.15, -0.1) is 0 Å². The minimum atomic E-state index is -0.840. The molecule has 1 aromatic heterocycles. The highest BCUT2D eigenvalue weighted by Crippen LogP contribution is 2.43. The Balaban J connectivity index is 1.81. The van der Waals surface area contributed by atoms with Gasteiger partial charge in [-0.1, -0.05) is 30.3 Å². The van der Waals surface area contributed by atoms with E-state index < -0.39 is 23.5 Å². The third-order valence-corrected chi connectivity index (χ3v) is 5.68. The highest BCUT2D eigenvalue weighted by atomic mass is 16.5. The molecule has 172 valence electrons. The van der Waals surface area contributed by atoms with Gasteiger partial charge in [0.2, 0.25) is 5.78 Å². The summed E-state index contributed by atoms with van der Waals surface area (Å²) in [5.74, 6) is -0.820.